The summed E-state index contributed by atoms with van der Waals surface area (Å²) in [5.74, 6) is 1.39. The Morgan fingerprint density at radius 2 is 2.09 bits per heavy atom. The quantitative estimate of drug-likeness (QED) is 0.803. The van der Waals surface area contributed by atoms with Crippen LogP contribution >= 0.6 is 11.6 Å². The van der Waals surface area contributed by atoms with Crippen molar-refractivity contribution in [1.29, 1.82) is 0 Å². The van der Waals surface area contributed by atoms with E-state index in [0.717, 1.165) is 16.8 Å². The molecule has 1 aliphatic rings. The third kappa shape index (κ3) is 3.07. The summed E-state index contributed by atoms with van der Waals surface area (Å²) in [7, 11) is 3.20. The third-order valence-corrected chi connectivity index (χ3v) is 4.18. The number of halogens is 1. The fourth-order valence-corrected chi connectivity index (χ4v) is 2.82. The second-order valence-corrected chi connectivity index (χ2v) is 5.55. The van der Waals surface area contributed by atoms with Gasteiger partial charge in [-0.2, -0.15) is 0 Å². The number of carbonyl (C=O) groups is 1. The minimum atomic E-state index is -0.00734. The molecule has 2 aromatic rings. The maximum Gasteiger partial charge on any atom is 0.227 e. The van der Waals surface area contributed by atoms with Gasteiger partial charge in [0, 0.05) is 23.7 Å². The van der Waals surface area contributed by atoms with Crippen molar-refractivity contribution in [2.75, 3.05) is 14.2 Å². The molecule has 0 spiro atoms. The van der Waals surface area contributed by atoms with Crippen molar-refractivity contribution in [1.82, 2.24) is 14.9 Å². The zero-order valence-corrected chi connectivity index (χ0v) is 13.6. The molecule has 0 atom stereocenters. The van der Waals surface area contributed by atoms with Crippen LogP contribution in [0.3, 0.4) is 0 Å². The number of ether oxygens (including phenoxy) is 2. The molecular formula is C16H16ClN3O3. The molecule has 7 heteroatoms. The lowest BCUT2D eigenvalue weighted by atomic mass is 10.0. The Morgan fingerprint density at radius 1 is 1.26 bits per heavy atom. The van der Waals surface area contributed by atoms with E-state index in [-0.39, 0.29) is 12.3 Å². The van der Waals surface area contributed by atoms with Gasteiger partial charge in [0.05, 0.1) is 32.9 Å². The lowest BCUT2D eigenvalue weighted by Crippen LogP contribution is -2.36. The first-order valence-corrected chi connectivity index (χ1v) is 7.47. The molecule has 120 valence electrons. The smallest absolute Gasteiger partial charge is 0.227 e. The van der Waals surface area contributed by atoms with Crippen LogP contribution in [0.15, 0.2) is 24.5 Å². The van der Waals surface area contributed by atoms with Crippen LogP contribution in [0.5, 0.6) is 11.5 Å². The van der Waals surface area contributed by atoms with E-state index in [9.17, 15) is 4.79 Å². The topological polar surface area (TPSA) is 64.5 Å². The highest BCUT2D eigenvalue weighted by molar-refractivity contribution is 6.30. The van der Waals surface area contributed by atoms with E-state index in [0.29, 0.717) is 29.7 Å². The molecule has 0 aliphatic carbocycles. The highest BCUT2D eigenvalue weighted by atomic mass is 35.5. The van der Waals surface area contributed by atoms with E-state index >= 15 is 0 Å². The standard InChI is InChI=1S/C16H16ClN3O3/c1-22-11-4-3-10(14(5-11)23-2)7-20-8-13-12(6-15(20)21)16(17)19-9-18-13/h3-5,9H,6-8H2,1-2H3. The number of aromatic nitrogens is 2. The van der Waals surface area contributed by atoms with Crippen LogP contribution in [-0.4, -0.2) is 35.0 Å². The third-order valence-electron chi connectivity index (χ3n) is 3.86. The van der Waals surface area contributed by atoms with Gasteiger partial charge in [0.15, 0.2) is 0 Å². The summed E-state index contributed by atoms with van der Waals surface area (Å²) in [6.45, 7) is 0.846. The fraction of sp³-hybridized carbons (Fsp3) is 0.312. The van der Waals surface area contributed by atoms with Gasteiger partial charge in [0.2, 0.25) is 5.91 Å². The number of nitrogens with zero attached hydrogens (tertiary/aromatic N) is 3. The molecule has 1 aromatic carbocycles. The summed E-state index contributed by atoms with van der Waals surface area (Å²) in [5, 5.41) is 0.352. The number of hydrogen-bond donors (Lipinski definition) is 0. The number of methoxy groups -OCH3 is 2. The van der Waals surface area contributed by atoms with Crippen molar-refractivity contribution in [3.8, 4) is 11.5 Å². The molecule has 3 rings (SSSR count). The lowest BCUT2D eigenvalue weighted by molar-refractivity contribution is -0.132. The molecule has 0 radical (unpaired) electrons. The average molecular weight is 334 g/mol. The number of fused-ring (bicyclic) bond motifs is 1. The second kappa shape index (κ2) is 6.42. The number of hydrogen-bond acceptors (Lipinski definition) is 5. The molecule has 0 unspecified atom stereocenters. The fourth-order valence-electron chi connectivity index (χ4n) is 2.60. The Morgan fingerprint density at radius 3 is 2.83 bits per heavy atom. The van der Waals surface area contributed by atoms with Gasteiger partial charge in [0.25, 0.3) is 0 Å². The zero-order chi connectivity index (χ0) is 16.4. The maximum absolute atomic E-state index is 12.4. The molecule has 0 saturated carbocycles. The molecule has 0 N–H and O–H groups in total. The molecule has 23 heavy (non-hydrogen) atoms. The van der Waals surface area contributed by atoms with Gasteiger partial charge in [-0.15, -0.1) is 0 Å². The first-order valence-electron chi connectivity index (χ1n) is 7.09. The first-order chi connectivity index (χ1) is 11.1. The van der Waals surface area contributed by atoms with Gasteiger partial charge in [-0.1, -0.05) is 11.6 Å². The lowest BCUT2D eigenvalue weighted by Gasteiger charge is -2.28. The number of amides is 1. The average Bonchev–Trinajstić information content (AvgIpc) is 2.57. The normalized spacial score (nSPS) is 13.7. The molecule has 1 aromatic heterocycles. The van der Waals surface area contributed by atoms with Crippen LogP contribution < -0.4 is 9.47 Å². The Labute approximate surface area is 139 Å². The number of benzene rings is 1. The summed E-state index contributed by atoms with van der Waals surface area (Å²) in [4.78, 5) is 22.3. The van der Waals surface area contributed by atoms with Gasteiger partial charge < -0.3 is 14.4 Å². The molecule has 1 aliphatic heterocycles. The van der Waals surface area contributed by atoms with Crippen molar-refractivity contribution >= 4 is 17.5 Å². The predicted molar refractivity (Wildman–Crippen MR) is 84.5 cm³/mol. The zero-order valence-electron chi connectivity index (χ0n) is 12.9. The van der Waals surface area contributed by atoms with Gasteiger partial charge in [-0.05, 0) is 12.1 Å². The highest BCUT2D eigenvalue weighted by Crippen LogP contribution is 2.29. The van der Waals surface area contributed by atoms with Crippen LogP contribution in [0.4, 0.5) is 0 Å². The van der Waals surface area contributed by atoms with Crippen molar-refractivity contribution in [3.05, 3.63) is 46.5 Å². The van der Waals surface area contributed by atoms with Gasteiger partial charge >= 0.3 is 0 Å². The van der Waals surface area contributed by atoms with E-state index in [1.165, 1.54) is 6.33 Å². The van der Waals surface area contributed by atoms with Crippen molar-refractivity contribution < 1.29 is 14.3 Å². The monoisotopic (exact) mass is 333 g/mol. The first kappa shape index (κ1) is 15.6. The maximum atomic E-state index is 12.4. The Balaban J connectivity index is 1.85. The van der Waals surface area contributed by atoms with Crippen LogP contribution in [0.1, 0.15) is 16.8 Å². The molecule has 0 fully saturated rings. The van der Waals surface area contributed by atoms with E-state index < -0.39 is 0 Å². The minimum Gasteiger partial charge on any atom is -0.497 e. The molecule has 0 saturated heterocycles. The predicted octanol–water partition coefficient (Wildman–Crippen LogP) is 2.23. The Bertz CT molecular complexity index is 751. The van der Waals surface area contributed by atoms with Gasteiger partial charge in [0.1, 0.15) is 23.0 Å². The minimum absolute atomic E-state index is 0.00734. The molecule has 1 amide bonds. The summed E-state index contributed by atoms with van der Waals surface area (Å²) >= 11 is 6.04. The Hall–Kier alpha value is -2.34. The van der Waals surface area contributed by atoms with Crippen LogP contribution in [0, 0.1) is 0 Å². The molecular weight excluding hydrogens is 318 g/mol. The van der Waals surface area contributed by atoms with E-state index in [1.54, 1.807) is 25.2 Å². The van der Waals surface area contributed by atoms with Gasteiger partial charge in [-0.3, -0.25) is 4.79 Å². The largest absolute Gasteiger partial charge is 0.497 e. The summed E-state index contributed by atoms with van der Waals surface area (Å²) < 4.78 is 10.6. The number of carbonyl (C=O) groups excluding carboxylic acids is 1. The van der Waals surface area contributed by atoms with Crippen LogP contribution in [0.25, 0.3) is 0 Å². The summed E-state index contributed by atoms with van der Waals surface area (Å²) in [6, 6.07) is 5.55. The van der Waals surface area contributed by atoms with E-state index in [2.05, 4.69) is 9.97 Å². The summed E-state index contributed by atoms with van der Waals surface area (Å²) in [5.41, 5.74) is 2.42. The summed E-state index contributed by atoms with van der Waals surface area (Å²) in [6.07, 6.45) is 1.64. The number of rotatable bonds is 4. The van der Waals surface area contributed by atoms with E-state index in [4.69, 9.17) is 21.1 Å². The van der Waals surface area contributed by atoms with E-state index in [1.807, 2.05) is 12.1 Å². The van der Waals surface area contributed by atoms with Gasteiger partial charge in [-0.25, -0.2) is 9.97 Å². The van der Waals surface area contributed by atoms with Crippen molar-refractivity contribution in [3.63, 3.8) is 0 Å². The second-order valence-electron chi connectivity index (χ2n) is 5.19. The van der Waals surface area contributed by atoms with Crippen LogP contribution in [0.2, 0.25) is 5.15 Å². The molecule has 6 nitrogen and oxygen atoms in total. The molecule has 0 bridgehead atoms. The Kier molecular flexibility index (Phi) is 4.34. The van der Waals surface area contributed by atoms with Crippen molar-refractivity contribution in [2.24, 2.45) is 0 Å². The SMILES string of the molecule is COc1ccc(CN2Cc3ncnc(Cl)c3CC2=O)c(OC)c1. The van der Waals surface area contributed by atoms with Crippen LogP contribution in [-0.2, 0) is 24.3 Å². The molecule has 2 heterocycles. The highest BCUT2D eigenvalue weighted by Gasteiger charge is 2.27. The van der Waals surface area contributed by atoms with Crippen molar-refractivity contribution in [2.45, 2.75) is 19.5 Å².